The second-order valence-electron chi connectivity index (χ2n) is 5.21. The Balaban J connectivity index is 2.17. The van der Waals surface area contributed by atoms with Crippen LogP contribution in [-0.2, 0) is 10.3 Å². The summed E-state index contributed by atoms with van der Waals surface area (Å²) < 4.78 is 19.0. The Labute approximate surface area is 119 Å². The van der Waals surface area contributed by atoms with Gasteiger partial charge in [-0.15, -0.1) is 0 Å². The molecule has 1 aliphatic heterocycles. The standard InChI is InChI=1S/C15H21ClFNO/c1-3-4-8-18-9-7-15(11-18,19-2)12-5-6-14(17)13(16)10-12/h5-6,10H,3-4,7-9,11H2,1-2H3. The molecule has 1 aromatic rings. The number of rotatable bonds is 5. The zero-order valence-corrected chi connectivity index (χ0v) is 12.3. The first-order chi connectivity index (χ1) is 9.11. The third kappa shape index (κ3) is 3.10. The van der Waals surface area contributed by atoms with Crippen LogP contribution in [0, 0.1) is 5.82 Å². The highest BCUT2D eigenvalue weighted by molar-refractivity contribution is 6.30. The largest absolute Gasteiger partial charge is 0.372 e. The summed E-state index contributed by atoms with van der Waals surface area (Å²) in [7, 11) is 1.72. The summed E-state index contributed by atoms with van der Waals surface area (Å²) in [6.07, 6.45) is 3.32. The summed E-state index contributed by atoms with van der Waals surface area (Å²) >= 11 is 5.89. The maximum absolute atomic E-state index is 13.3. The van der Waals surface area contributed by atoms with E-state index in [1.54, 1.807) is 19.2 Å². The number of hydrogen-bond acceptors (Lipinski definition) is 2. The Bertz CT molecular complexity index is 440. The van der Waals surface area contributed by atoms with Gasteiger partial charge in [0.1, 0.15) is 11.4 Å². The summed E-state index contributed by atoms with van der Waals surface area (Å²) in [5.41, 5.74) is 0.630. The molecular weight excluding hydrogens is 265 g/mol. The predicted molar refractivity (Wildman–Crippen MR) is 76.1 cm³/mol. The van der Waals surface area contributed by atoms with E-state index < -0.39 is 0 Å². The topological polar surface area (TPSA) is 12.5 Å². The molecule has 0 amide bonds. The van der Waals surface area contributed by atoms with Crippen LogP contribution in [-0.4, -0.2) is 31.6 Å². The van der Waals surface area contributed by atoms with Crippen LogP contribution >= 0.6 is 11.6 Å². The van der Waals surface area contributed by atoms with Crippen molar-refractivity contribution in [2.45, 2.75) is 31.8 Å². The quantitative estimate of drug-likeness (QED) is 0.815. The smallest absolute Gasteiger partial charge is 0.141 e. The monoisotopic (exact) mass is 285 g/mol. The third-order valence-electron chi connectivity index (χ3n) is 3.98. The lowest BCUT2D eigenvalue weighted by Crippen LogP contribution is -2.33. The second kappa shape index (κ2) is 6.21. The molecule has 2 nitrogen and oxygen atoms in total. The summed E-state index contributed by atoms with van der Waals surface area (Å²) in [6, 6.07) is 4.91. The van der Waals surface area contributed by atoms with Crippen molar-refractivity contribution in [3.63, 3.8) is 0 Å². The normalized spacial score (nSPS) is 24.0. The number of nitrogens with zero attached hydrogens (tertiary/aromatic N) is 1. The van der Waals surface area contributed by atoms with Gasteiger partial charge in [0.25, 0.3) is 0 Å². The average molecular weight is 286 g/mol. The van der Waals surface area contributed by atoms with Gasteiger partial charge in [0.05, 0.1) is 5.02 Å². The first-order valence-corrected chi connectivity index (χ1v) is 7.22. The number of benzene rings is 1. The molecule has 1 saturated heterocycles. The fourth-order valence-corrected chi connectivity index (χ4v) is 2.91. The molecule has 1 heterocycles. The Kier molecular flexibility index (Phi) is 4.82. The molecule has 0 bridgehead atoms. The van der Waals surface area contributed by atoms with Crippen molar-refractivity contribution in [2.75, 3.05) is 26.7 Å². The fraction of sp³-hybridized carbons (Fsp3) is 0.600. The third-order valence-corrected chi connectivity index (χ3v) is 4.26. The van der Waals surface area contributed by atoms with Crippen LogP contribution < -0.4 is 0 Å². The number of ether oxygens (including phenoxy) is 1. The Morgan fingerprint density at radius 3 is 2.89 bits per heavy atom. The maximum Gasteiger partial charge on any atom is 0.141 e. The molecule has 1 fully saturated rings. The van der Waals surface area contributed by atoms with E-state index in [1.165, 1.54) is 18.9 Å². The van der Waals surface area contributed by atoms with Crippen molar-refractivity contribution in [1.82, 2.24) is 4.90 Å². The van der Waals surface area contributed by atoms with Crippen LogP contribution in [0.5, 0.6) is 0 Å². The van der Waals surface area contributed by atoms with Gasteiger partial charge >= 0.3 is 0 Å². The number of likely N-dealkylation sites (tertiary alicyclic amines) is 1. The van der Waals surface area contributed by atoms with Crippen LogP contribution in [0.25, 0.3) is 0 Å². The fourth-order valence-electron chi connectivity index (χ4n) is 2.73. The summed E-state index contributed by atoms with van der Waals surface area (Å²) in [5.74, 6) is -0.377. The van der Waals surface area contributed by atoms with Crippen molar-refractivity contribution < 1.29 is 9.13 Å². The van der Waals surface area contributed by atoms with Gasteiger partial charge in [-0.3, -0.25) is 4.90 Å². The highest BCUT2D eigenvalue weighted by atomic mass is 35.5. The minimum atomic E-state index is -0.377. The van der Waals surface area contributed by atoms with E-state index >= 15 is 0 Å². The predicted octanol–water partition coefficient (Wildman–Crippen LogP) is 3.83. The molecule has 2 rings (SSSR count). The molecule has 0 saturated carbocycles. The minimum absolute atomic E-state index is 0.168. The highest BCUT2D eigenvalue weighted by Gasteiger charge is 2.39. The Morgan fingerprint density at radius 1 is 1.47 bits per heavy atom. The Hall–Kier alpha value is -0.640. The molecule has 1 unspecified atom stereocenters. The number of unbranched alkanes of at least 4 members (excludes halogenated alkanes) is 1. The molecule has 1 atom stereocenters. The van der Waals surface area contributed by atoms with Crippen molar-refractivity contribution in [1.29, 1.82) is 0 Å². The van der Waals surface area contributed by atoms with Crippen molar-refractivity contribution in [3.8, 4) is 0 Å². The lowest BCUT2D eigenvalue weighted by atomic mass is 9.92. The van der Waals surface area contributed by atoms with E-state index in [4.69, 9.17) is 16.3 Å². The summed E-state index contributed by atoms with van der Waals surface area (Å²) in [4.78, 5) is 2.41. The molecule has 0 aromatic heterocycles. The van der Waals surface area contributed by atoms with Gasteiger partial charge in [-0.2, -0.15) is 0 Å². The molecule has 106 valence electrons. The van der Waals surface area contributed by atoms with Gasteiger partial charge in [0.2, 0.25) is 0 Å². The van der Waals surface area contributed by atoms with Crippen molar-refractivity contribution in [3.05, 3.63) is 34.6 Å². The van der Waals surface area contributed by atoms with Crippen LogP contribution in [0.3, 0.4) is 0 Å². The van der Waals surface area contributed by atoms with Crippen molar-refractivity contribution >= 4 is 11.6 Å². The van der Waals surface area contributed by atoms with Crippen LogP contribution in [0.1, 0.15) is 31.7 Å². The van der Waals surface area contributed by atoms with Gasteiger partial charge in [-0.25, -0.2) is 4.39 Å². The second-order valence-corrected chi connectivity index (χ2v) is 5.61. The van der Waals surface area contributed by atoms with Gasteiger partial charge in [-0.1, -0.05) is 31.0 Å². The molecule has 1 aromatic carbocycles. The molecule has 0 radical (unpaired) electrons. The van der Waals surface area contributed by atoms with E-state index in [-0.39, 0.29) is 16.4 Å². The van der Waals surface area contributed by atoms with Gasteiger partial charge in [0, 0.05) is 20.2 Å². The zero-order chi connectivity index (χ0) is 13.9. The van der Waals surface area contributed by atoms with Gasteiger partial charge < -0.3 is 4.74 Å². The van der Waals surface area contributed by atoms with Crippen LogP contribution in [0.2, 0.25) is 5.02 Å². The zero-order valence-electron chi connectivity index (χ0n) is 11.6. The SMILES string of the molecule is CCCCN1CCC(OC)(c2ccc(F)c(Cl)c2)C1. The maximum atomic E-state index is 13.3. The number of hydrogen-bond donors (Lipinski definition) is 0. The molecular formula is C15H21ClFNO. The van der Waals surface area contributed by atoms with E-state index in [9.17, 15) is 4.39 Å². The van der Waals surface area contributed by atoms with Crippen LogP contribution in [0.15, 0.2) is 18.2 Å². The summed E-state index contributed by atoms with van der Waals surface area (Å²) in [6.45, 7) is 5.16. The first-order valence-electron chi connectivity index (χ1n) is 6.84. The lowest BCUT2D eigenvalue weighted by Gasteiger charge is -2.29. The van der Waals surface area contributed by atoms with E-state index in [2.05, 4.69) is 11.8 Å². The molecule has 0 aliphatic carbocycles. The van der Waals surface area contributed by atoms with E-state index in [1.807, 2.05) is 0 Å². The minimum Gasteiger partial charge on any atom is -0.372 e. The molecule has 19 heavy (non-hydrogen) atoms. The van der Waals surface area contributed by atoms with Crippen molar-refractivity contribution in [2.24, 2.45) is 0 Å². The van der Waals surface area contributed by atoms with Gasteiger partial charge in [0.15, 0.2) is 0 Å². The van der Waals surface area contributed by atoms with E-state index in [0.717, 1.165) is 31.6 Å². The average Bonchev–Trinajstić information content (AvgIpc) is 2.84. The first kappa shape index (κ1) is 14.8. The molecule has 1 aliphatic rings. The molecule has 0 N–H and O–H groups in total. The van der Waals surface area contributed by atoms with Crippen LogP contribution in [0.4, 0.5) is 4.39 Å². The Morgan fingerprint density at radius 2 is 2.26 bits per heavy atom. The lowest BCUT2D eigenvalue weighted by molar-refractivity contribution is -0.00591. The summed E-state index contributed by atoms with van der Waals surface area (Å²) in [5, 5.41) is 0.168. The van der Waals surface area contributed by atoms with E-state index in [0.29, 0.717) is 0 Å². The number of halogens is 2. The van der Waals surface area contributed by atoms with Gasteiger partial charge in [-0.05, 0) is 37.1 Å². The highest BCUT2D eigenvalue weighted by Crippen LogP contribution is 2.36. The molecule has 0 spiro atoms. The molecule has 4 heteroatoms. The number of methoxy groups -OCH3 is 1.